The number of pyridine rings is 6. The molecule has 0 radical (unpaired) electrons. The first-order valence-corrected chi connectivity index (χ1v) is 11.4. The summed E-state index contributed by atoms with van der Waals surface area (Å²) in [5.74, 6) is 0. The van der Waals surface area contributed by atoms with Crippen molar-refractivity contribution in [2.24, 2.45) is 0 Å². The second kappa shape index (κ2) is 31.3. The van der Waals surface area contributed by atoms with E-state index in [0.29, 0.717) is 0 Å². The van der Waals surface area contributed by atoms with Gasteiger partial charge >= 0.3 is 0 Å². The summed E-state index contributed by atoms with van der Waals surface area (Å²) in [5.41, 5.74) is 5.49. The van der Waals surface area contributed by atoms with Gasteiger partial charge in [0.15, 0.2) is 0 Å². The first-order valence-electron chi connectivity index (χ1n) is 11.4. The molecule has 0 aromatic carbocycles. The first kappa shape index (κ1) is 53.4. The van der Waals surface area contributed by atoms with Gasteiger partial charge in [0.1, 0.15) is 0 Å². The molecule has 45 heavy (non-hydrogen) atoms. The Balaban J connectivity index is -0.000000115. The summed E-state index contributed by atoms with van der Waals surface area (Å²) < 4.78 is 0. The number of nitrogens with zero attached hydrogens (tertiary/aromatic N) is 6. The third-order valence-corrected chi connectivity index (χ3v) is 4.78. The largest absolute Gasteiger partial charge is 1.00 e. The van der Waals surface area contributed by atoms with E-state index in [0.717, 1.165) is 34.2 Å². The van der Waals surface area contributed by atoms with Crippen LogP contribution in [0.1, 0.15) is 0 Å². The summed E-state index contributed by atoms with van der Waals surface area (Å²) in [4.78, 5) is 25.1. The van der Waals surface area contributed by atoms with Gasteiger partial charge in [-0.05, 0) is 72.8 Å². The molecule has 6 rings (SSSR count). The number of rotatable bonds is 3. The Labute approximate surface area is 286 Å². The molecule has 15 heteroatoms. The summed E-state index contributed by atoms with van der Waals surface area (Å²) in [6, 6.07) is 34.8. The zero-order valence-electron chi connectivity index (χ0n) is 23.6. The van der Waals surface area contributed by atoms with Crippen LogP contribution in [-0.4, -0.2) is 62.8 Å². The maximum absolute atomic E-state index is 4.19. The van der Waals surface area contributed by atoms with E-state index in [4.69, 9.17) is 0 Å². The zero-order chi connectivity index (χ0) is 24.7. The number of halogens is 2. The van der Waals surface area contributed by atoms with Gasteiger partial charge in [0, 0.05) is 56.7 Å². The summed E-state index contributed by atoms with van der Waals surface area (Å²) >= 11 is 0. The van der Waals surface area contributed by atoms with Crippen LogP contribution in [0.25, 0.3) is 34.2 Å². The van der Waals surface area contributed by atoms with E-state index in [1.54, 1.807) is 37.2 Å². The van der Waals surface area contributed by atoms with Gasteiger partial charge in [0.25, 0.3) is 0 Å². The molecule has 12 N–H and O–H groups in total. The van der Waals surface area contributed by atoms with Crippen molar-refractivity contribution in [3.8, 4) is 34.2 Å². The molecular formula is C30H36Cl2N6O6Ru-2. The molecule has 0 unspecified atom stereocenters. The third-order valence-electron chi connectivity index (χ3n) is 4.78. The topological polar surface area (TPSA) is 266 Å². The van der Waals surface area contributed by atoms with Crippen LogP contribution in [0, 0.1) is 0 Å². The van der Waals surface area contributed by atoms with Crippen LogP contribution in [0.3, 0.4) is 0 Å². The molecule has 0 aliphatic rings. The van der Waals surface area contributed by atoms with E-state index in [2.05, 4.69) is 29.9 Å². The fourth-order valence-electron chi connectivity index (χ4n) is 3.09. The summed E-state index contributed by atoms with van der Waals surface area (Å²) in [7, 11) is 0. The normalized spacial score (nSPS) is 7.73. The van der Waals surface area contributed by atoms with Crippen molar-refractivity contribution in [1.82, 2.24) is 29.9 Å². The fourth-order valence-corrected chi connectivity index (χ4v) is 3.09. The second-order valence-electron chi connectivity index (χ2n) is 7.29. The monoisotopic (exact) mass is 748 g/mol. The van der Waals surface area contributed by atoms with Crippen LogP contribution >= 0.6 is 0 Å². The van der Waals surface area contributed by atoms with E-state index in [1.165, 1.54) is 0 Å². The Morgan fingerprint density at radius 3 is 0.467 bits per heavy atom. The van der Waals surface area contributed by atoms with Crippen LogP contribution in [0.2, 0.25) is 0 Å². The molecule has 6 aromatic rings. The smallest absolute Gasteiger partial charge is 0.0886 e. The Kier molecular flexibility index (Phi) is 37.2. The van der Waals surface area contributed by atoms with Crippen molar-refractivity contribution in [2.75, 3.05) is 0 Å². The minimum atomic E-state index is 0. The molecule has 6 aromatic heterocycles. The SMILES string of the molecule is O.O.O.O.O.O.[Cl-].[Cl-].[Ru].c1ccc(-c2ccccn2)nc1.c1ccc(-c2ccccn2)nc1.c1ccc(-c2ccccn2)nc1. The van der Waals surface area contributed by atoms with Gasteiger partial charge in [-0.25, -0.2) is 0 Å². The molecule has 246 valence electrons. The Morgan fingerprint density at radius 1 is 0.244 bits per heavy atom. The quantitative estimate of drug-likeness (QED) is 0.161. The molecular weight excluding hydrogens is 712 g/mol. The molecule has 0 atom stereocenters. The number of hydrogen-bond acceptors (Lipinski definition) is 6. The third kappa shape index (κ3) is 18.3. The molecule has 0 spiro atoms. The minimum Gasteiger partial charge on any atom is -1.00 e. The van der Waals surface area contributed by atoms with Crippen LogP contribution in [-0.2, 0) is 19.5 Å². The van der Waals surface area contributed by atoms with Crippen molar-refractivity contribution in [2.45, 2.75) is 0 Å². The van der Waals surface area contributed by atoms with Gasteiger partial charge in [-0.1, -0.05) is 36.4 Å². The van der Waals surface area contributed by atoms with Gasteiger partial charge in [-0.3, -0.25) is 29.9 Å². The Hall–Kier alpha value is -4.14. The Morgan fingerprint density at radius 2 is 0.378 bits per heavy atom. The minimum absolute atomic E-state index is 0. The van der Waals surface area contributed by atoms with Gasteiger partial charge in [-0.2, -0.15) is 0 Å². The van der Waals surface area contributed by atoms with Gasteiger partial charge in [0.2, 0.25) is 0 Å². The summed E-state index contributed by atoms with van der Waals surface area (Å²) in [6.45, 7) is 0. The fraction of sp³-hybridized carbons (Fsp3) is 0. The van der Waals surface area contributed by atoms with Crippen molar-refractivity contribution >= 4 is 0 Å². The van der Waals surface area contributed by atoms with E-state index in [1.807, 2.05) is 109 Å². The predicted octanol–water partition coefficient (Wildman–Crippen LogP) is -4.51. The van der Waals surface area contributed by atoms with Crippen molar-refractivity contribution in [3.05, 3.63) is 146 Å². The molecule has 0 aliphatic heterocycles. The summed E-state index contributed by atoms with van der Waals surface area (Å²) in [5, 5.41) is 0. The van der Waals surface area contributed by atoms with Crippen LogP contribution in [0.4, 0.5) is 0 Å². The maximum atomic E-state index is 4.19. The van der Waals surface area contributed by atoms with Gasteiger partial charge in [-0.15, -0.1) is 0 Å². The molecule has 0 bridgehead atoms. The average molecular weight is 749 g/mol. The van der Waals surface area contributed by atoms with Gasteiger partial charge < -0.3 is 57.7 Å². The number of hydrogen-bond donors (Lipinski definition) is 0. The molecule has 0 saturated heterocycles. The van der Waals surface area contributed by atoms with E-state index >= 15 is 0 Å². The molecule has 12 nitrogen and oxygen atoms in total. The molecule has 0 saturated carbocycles. The van der Waals surface area contributed by atoms with Gasteiger partial charge in [0.05, 0.1) is 34.2 Å². The predicted molar refractivity (Wildman–Crippen MR) is 164 cm³/mol. The van der Waals surface area contributed by atoms with Crippen molar-refractivity contribution < 1.29 is 77.1 Å². The molecule has 0 amide bonds. The van der Waals surface area contributed by atoms with Crippen molar-refractivity contribution in [3.63, 3.8) is 0 Å². The van der Waals surface area contributed by atoms with E-state index in [-0.39, 0.29) is 77.1 Å². The Bertz CT molecular complexity index is 1140. The first-order chi connectivity index (χ1) is 17.9. The molecule has 0 aliphatic carbocycles. The van der Waals surface area contributed by atoms with Crippen molar-refractivity contribution in [1.29, 1.82) is 0 Å². The zero-order valence-corrected chi connectivity index (χ0v) is 26.9. The van der Waals surface area contributed by atoms with E-state index in [9.17, 15) is 0 Å². The maximum Gasteiger partial charge on any atom is 0.0886 e. The average Bonchev–Trinajstić information content (AvgIpc) is 3.01. The second-order valence-corrected chi connectivity index (χ2v) is 7.29. The number of aromatic nitrogens is 6. The standard InChI is InChI=1S/3C10H8N2.2ClH.6H2O.Ru/c3*1-3-7-11-9(5-1)10-6-2-4-8-12-10;;;;;;;;;/h3*1-8H;2*1H;6*1H2;/p-2. The van der Waals surface area contributed by atoms with Crippen LogP contribution in [0.5, 0.6) is 0 Å². The summed E-state index contributed by atoms with van der Waals surface area (Å²) in [6.07, 6.45) is 10.6. The van der Waals surface area contributed by atoms with E-state index < -0.39 is 0 Å². The molecule has 0 fully saturated rings. The van der Waals surface area contributed by atoms with Crippen LogP contribution in [0.15, 0.2) is 146 Å². The molecule has 6 heterocycles. The van der Waals surface area contributed by atoms with Crippen LogP contribution < -0.4 is 24.8 Å².